The molecule has 0 bridgehead atoms. The van der Waals surface area contributed by atoms with Gasteiger partial charge in [0.25, 0.3) is 0 Å². The molecule has 1 aromatic rings. The molecule has 0 amide bonds. The predicted octanol–water partition coefficient (Wildman–Crippen LogP) is 1.47. The molecular weight excluding hydrogens is 336 g/mol. The third kappa shape index (κ3) is 6.19. The molecule has 0 aliphatic carbocycles. The third-order valence-corrected chi connectivity index (χ3v) is 4.41. The number of nitrogens with one attached hydrogen (secondary N) is 1. The highest BCUT2D eigenvalue weighted by Gasteiger charge is 2.21. The molecular formula is C18H30N4O4. The maximum absolute atomic E-state index is 11.4. The second-order valence-electron chi connectivity index (χ2n) is 6.19. The summed E-state index contributed by atoms with van der Waals surface area (Å²) in [6, 6.07) is 0. The Hall–Kier alpha value is -1.77. The molecule has 0 spiro atoms. The third-order valence-electron chi connectivity index (χ3n) is 4.41. The van der Waals surface area contributed by atoms with Gasteiger partial charge in [-0.2, -0.15) is 0 Å². The minimum Gasteiger partial charge on any atom is -0.465 e. The minimum absolute atomic E-state index is 0.174. The topological polar surface area (TPSA) is 85.8 Å². The van der Waals surface area contributed by atoms with Crippen LogP contribution in [0.1, 0.15) is 37.0 Å². The molecule has 1 aliphatic rings. The Balaban J connectivity index is 1.72. The summed E-state index contributed by atoms with van der Waals surface area (Å²) in [5.41, 5.74) is 0.369. The second kappa shape index (κ2) is 11.1. The maximum Gasteiger partial charge on any atom is 0.341 e. The van der Waals surface area contributed by atoms with Gasteiger partial charge in [0.15, 0.2) is 6.29 Å². The molecule has 2 heterocycles. The molecule has 26 heavy (non-hydrogen) atoms. The number of ether oxygens (including phenoxy) is 3. The molecule has 0 unspecified atom stereocenters. The molecule has 0 aromatic carbocycles. The molecule has 8 heteroatoms. The zero-order valence-electron chi connectivity index (χ0n) is 15.9. The number of aromatic nitrogens is 2. The van der Waals surface area contributed by atoms with Crippen LogP contribution in [0.5, 0.6) is 0 Å². The monoisotopic (exact) mass is 366 g/mol. The van der Waals surface area contributed by atoms with Crippen LogP contribution in [-0.4, -0.2) is 68.7 Å². The van der Waals surface area contributed by atoms with E-state index < -0.39 is 5.97 Å². The maximum atomic E-state index is 11.4. The van der Waals surface area contributed by atoms with E-state index in [0.29, 0.717) is 37.2 Å². The summed E-state index contributed by atoms with van der Waals surface area (Å²) in [7, 11) is 1.35. The minimum atomic E-state index is -0.418. The van der Waals surface area contributed by atoms with E-state index in [1.807, 2.05) is 13.8 Å². The SMILES string of the molecule is CCOC(CNCC1CCN(c2ncc(C(=O)OC)cn2)CC1)OCC. The summed E-state index contributed by atoms with van der Waals surface area (Å²) < 4.78 is 15.7. The first kappa shape index (κ1) is 20.5. The Kier molecular flexibility index (Phi) is 8.73. The summed E-state index contributed by atoms with van der Waals surface area (Å²) in [6.45, 7) is 8.73. The summed E-state index contributed by atoms with van der Waals surface area (Å²) >= 11 is 0. The van der Waals surface area contributed by atoms with E-state index in [1.54, 1.807) is 0 Å². The van der Waals surface area contributed by atoms with Crippen LogP contribution in [0.2, 0.25) is 0 Å². The molecule has 1 aliphatic heterocycles. The van der Waals surface area contributed by atoms with E-state index in [9.17, 15) is 4.79 Å². The van der Waals surface area contributed by atoms with Crippen LogP contribution >= 0.6 is 0 Å². The van der Waals surface area contributed by atoms with Gasteiger partial charge in [0, 0.05) is 45.2 Å². The van der Waals surface area contributed by atoms with Gasteiger partial charge in [-0.1, -0.05) is 0 Å². The molecule has 1 saturated heterocycles. The van der Waals surface area contributed by atoms with E-state index in [0.717, 1.165) is 32.5 Å². The van der Waals surface area contributed by atoms with Crippen molar-refractivity contribution >= 4 is 11.9 Å². The van der Waals surface area contributed by atoms with Gasteiger partial charge in [-0.15, -0.1) is 0 Å². The lowest BCUT2D eigenvalue weighted by Gasteiger charge is -2.32. The highest BCUT2D eigenvalue weighted by molar-refractivity contribution is 5.88. The quantitative estimate of drug-likeness (QED) is 0.492. The van der Waals surface area contributed by atoms with Crippen LogP contribution in [0, 0.1) is 5.92 Å². The zero-order chi connectivity index (χ0) is 18.8. The number of carbonyl (C=O) groups is 1. The Morgan fingerprint density at radius 1 is 1.23 bits per heavy atom. The number of hydrogen-bond acceptors (Lipinski definition) is 8. The molecule has 0 atom stereocenters. The lowest BCUT2D eigenvalue weighted by atomic mass is 9.97. The number of rotatable bonds is 10. The zero-order valence-corrected chi connectivity index (χ0v) is 15.9. The van der Waals surface area contributed by atoms with Gasteiger partial charge in [0.1, 0.15) is 0 Å². The highest BCUT2D eigenvalue weighted by atomic mass is 16.7. The van der Waals surface area contributed by atoms with Gasteiger partial charge < -0.3 is 24.4 Å². The van der Waals surface area contributed by atoms with Crippen LogP contribution in [0.25, 0.3) is 0 Å². The van der Waals surface area contributed by atoms with Crippen LogP contribution in [0.4, 0.5) is 5.95 Å². The number of esters is 1. The fourth-order valence-corrected chi connectivity index (χ4v) is 2.99. The average molecular weight is 366 g/mol. The van der Waals surface area contributed by atoms with Crippen LogP contribution in [0.15, 0.2) is 12.4 Å². The first-order valence-corrected chi connectivity index (χ1v) is 9.27. The summed E-state index contributed by atoms with van der Waals surface area (Å²) in [6.07, 6.45) is 5.01. The number of piperidine rings is 1. The Bertz CT molecular complexity index is 526. The molecule has 8 nitrogen and oxygen atoms in total. The number of anilines is 1. The fraction of sp³-hybridized carbons (Fsp3) is 0.722. The van der Waals surface area contributed by atoms with E-state index in [-0.39, 0.29) is 6.29 Å². The van der Waals surface area contributed by atoms with Crippen molar-refractivity contribution in [3.63, 3.8) is 0 Å². The van der Waals surface area contributed by atoms with Crippen molar-refractivity contribution in [2.24, 2.45) is 5.92 Å². The largest absolute Gasteiger partial charge is 0.465 e. The van der Waals surface area contributed by atoms with Crippen LogP contribution in [0.3, 0.4) is 0 Å². The summed E-state index contributed by atoms with van der Waals surface area (Å²) in [5, 5.41) is 3.45. The fourth-order valence-electron chi connectivity index (χ4n) is 2.99. The molecule has 1 fully saturated rings. The molecule has 146 valence electrons. The van der Waals surface area contributed by atoms with Crippen molar-refractivity contribution in [3.05, 3.63) is 18.0 Å². The lowest BCUT2D eigenvalue weighted by molar-refractivity contribution is -0.133. The normalized spacial score (nSPS) is 15.5. The smallest absolute Gasteiger partial charge is 0.341 e. The number of carbonyl (C=O) groups excluding carboxylic acids is 1. The molecule has 0 saturated carbocycles. The van der Waals surface area contributed by atoms with Crippen LogP contribution in [-0.2, 0) is 14.2 Å². The van der Waals surface area contributed by atoms with Gasteiger partial charge in [0.05, 0.1) is 12.7 Å². The van der Waals surface area contributed by atoms with Crippen molar-refractivity contribution in [3.8, 4) is 0 Å². The van der Waals surface area contributed by atoms with Gasteiger partial charge in [0.2, 0.25) is 5.95 Å². The standard InChI is InChI=1S/C18H30N4O4/c1-4-25-16(26-5-2)13-19-10-14-6-8-22(9-7-14)18-20-11-15(12-21-18)17(23)24-3/h11-12,14,16,19H,4-10,13H2,1-3H3. The van der Waals surface area contributed by atoms with E-state index >= 15 is 0 Å². The number of nitrogens with zero attached hydrogens (tertiary/aromatic N) is 3. The van der Waals surface area contributed by atoms with Crippen molar-refractivity contribution in [1.82, 2.24) is 15.3 Å². The van der Waals surface area contributed by atoms with E-state index in [4.69, 9.17) is 9.47 Å². The first-order valence-electron chi connectivity index (χ1n) is 9.27. The van der Waals surface area contributed by atoms with Crippen molar-refractivity contribution < 1.29 is 19.0 Å². The highest BCUT2D eigenvalue weighted by Crippen LogP contribution is 2.20. The first-order chi connectivity index (χ1) is 12.7. The molecule has 0 radical (unpaired) electrons. The number of methoxy groups -OCH3 is 1. The van der Waals surface area contributed by atoms with Gasteiger partial charge in [-0.25, -0.2) is 14.8 Å². The average Bonchev–Trinajstić information content (AvgIpc) is 2.68. The van der Waals surface area contributed by atoms with Gasteiger partial charge in [-0.05, 0) is 39.2 Å². The Morgan fingerprint density at radius 2 is 1.85 bits per heavy atom. The molecule has 1 aromatic heterocycles. The van der Waals surface area contributed by atoms with Gasteiger partial charge in [-0.3, -0.25) is 0 Å². The van der Waals surface area contributed by atoms with E-state index in [1.165, 1.54) is 19.5 Å². The Labute approximate surface area is 155 Å². The van der Waals surface area contributed by atoms with Crippen molar-refractivity contribution in [1.29, 1.82) is 0 Å². The van der Waals surface area contributed by atoms with Gasteiger partial charge >= 0.3 is 5.97 Å². The van der Waals surface area contributed by atoms with Crippen molar-refractivity contribution in [2.45, 2.75) is 33.0 Å². The lowest BCUT2D eigenvalue weighted by Crippen LogP contribution is -2.40. The predicted molar refractivity (Wildman–Crippen MR) is 98.2 cm³/mol. The van der Waals surface area contributed by atoms with Crippen molar-refractivity contribution in [2.75, 3.05) is 51.4 Å². The van der Waals surface area contributed by atoms with Crippen LogP contribution < -0.4 is 10.2 Å². The summed E-state index contributed by atoms with van der Waals surface area (Å²) in [4.78, 5) is 22.2. The van der Waals surface area contributed by atoms with E-state index in [2.05, 4.69) is 24.9 Å². The number of hydrogen-bond donors (Lipinski definition) is 1. The molecule has 1 N–H and O–H groups in total. The molecule has 2 rings (SSSR count). The Morgan fingerprint density at radius 3 is 2.38 bits per heavy atom. The second-order valence-corrected chi connectivity index (χ2v) is 6.19. The summed E-state index contributed by atoms with van der Waals surface area (Å²) in [5.74, 6) is 0.861.